The van der Waals surface area contributed by atoms with E-state index in [1.54, 1.807) is 65.5 Å². The molecule has 0 unspecified atom stereocenters. The van der Waals surface area contributed by atoms with Crippen LogP contribution in [0.15, 0.2) is 72.3 Å². The SMILES string of the molecule is COc1cc([C@H]2C3=CC[C@@H]4C(=O)N(c5ccc(C(C)=O)cc5)C(=O)[C@@H]4[C@@H]3C[C@H]3C(=O)N(c4cc(-c5sc6ccc(Cl)cc6c5C)nn4C)C(=O)[C@@]23C)cc(I)c1O. The van der Waals surface area contributed by atoms with Gasteiger partial charge in [-0.15, -0.1) is 11.3 Å². The topological polar surface area (TPSA) is 139 Å². The number of thiophene rings is 1. The molecule has 1 N–H and O–H groups in total. The fourth-order valence-electron chi connectivity index (χ4n) is 9.84. The number of phenols is 1. The average Bonchev–Trinajstić information content (AvgIpc) is 3.86. The molecule has 0 radical (unpaired) electrons. The molecule has 6 atom stereocenters. The molecular weight excluding hydrogens is 879 g/mol. The van der Waals surface area contributed by atoms with Crippen LogP contribution in [0.3, 0.4) is 0 Å². The number of rotatable bonds is 6. The maximum absolute atomic E-state index is 15.2. The summed E-state index contributed by atoms with van der Waals surface area (Å²) in [4.78, 5) is 74.2. The van der Waals surface area contributed by atoms with Crippen molar-refractivity contribution >= 4 is 96.5 Å². The third-order valence-corrected chi connectivity index (χ3v) is 15.0. The highest BCUT2D eigenvalue weighted by Crippen LogP contribution is 2.64. The molecule has 0 spiro atoms. The first-order chi connectivity index (χ1) is 27.1. The van der Waals surface area contributed by atoms with Gasteiger partial charge in [-0.2, -0.15) is 5.10 Å². The van der Waals surface area contributed by atoms with Gasteiger partial charge in [0.2, 0.25) is 23.6 Å². The number of allylic oxidation sites excluding steroid dienone is 2. The van der Waals surface area contributed by atoms with Gasteiger partial charge >= 0.3 is 0 Å². The average molecular weight is 915 g/mol. The van der Waals surface area contributed by atoms with Gasteiger partial charge in [-0.05, 0) is 133 Å². The molecule has 5 aromatic rings. The van der Waals surface area contributed by atoms with Crippen molar-refractivity contribution in [1.29, 1.82) is 0 Å². The summed E-state index contributed by atoms with van der Waals surface area (Å²) < 4.78 is 8.67. The number of aromatic nitrogens is 2. The number of halogens is 2. The van der Waals surface area contributed by atoms with E-state index in [0.717, 1.165) is 26.1 Å². The number of anilines is 2. The number of imide groups is 2. The van der Waals surface area contributed by atoms with Crippen LogP contribution in [0.2, 0.25) is 5.02 Å². The zero-order chi connectivity index (χ0) is 40.4. The maximum atomic E-state index is 15.2. The number of Topliss-reactive ketones (excluding diaryl/α,β-unsaturated/α-hetero) is 1. The van der Waals surface area contributed by atoms with E-state index in [4.69, 9.17) is 21.4 Å². The molecule has 0 bridgehead atoms. The number of carbonyl (C=O) groups is 5. The normalized spacial score (nSPS) is 25.5. The summed E-state index contributed by atoms with van der Waals surface area (Å²) in [6.07, 6.45) is 2.42. The minimum Gasteiger partial charge on any atom is -0.504 e. The summed E-state index contributed by atoms with van der Waals surface area (Å²) in [6, 6.07) is 17.4. The number of aryl methyl sites for hydroxylation is 2. The molecule has 1 saturated carbocycles. The van der Waals surface area contributed by atoms with Crippen LogP contribution in [0.4, 0.5) is 11.5 Å². The van der Waals surface area contributed by atoms with Gasteiger partial charge in [-0.1, -0.05) is 23.3 Å². The second-order valence-electron chi connectivity index (χ2n) is 15.5. The van der Waals surface area contributed by atoms with E-state index in [1.807, 2.05) is 60.7 Å². The number of fused-ring (bicyclic) bond motifs is 5. The van der Waals surface area contributed by atoms with E-state index < -0.39 is 46.8 Å². The lowest BCUT2D eigenvalue weighted by atomic mass is 9.51. The van der Waals surface area contributed by atoms with E-state index in [-0.39, 0.29) is 41.9 Å². The number of phenolic OH excluding ortho intramolecular Hbond substituents is 1. The van der Waals surface area contributed by atoms with Crippen molar-refractivity contribution in [3.05, 3.63) is 97.6 Å². The first-order valence-corrected chi connectivity index (χ1v) is 20.8. The zero-order valence-corrected chi connectivity index (χ0v) is 35.2. The van der Waals surface area contributed by atoms with Gasteiger partial charge in [0.1, 0.15) is 11.5 Å². The highest BCUT2D eigenvalue weighted by molar-refractivity contribution is 14.1. The number of benzene rings is 3. The monoisotopic (exact) mass is 914 g/mol. The molecule has 2 aliphatic heterocycles. The fourth-order valence-corrected chi connectivity index (χ4v) is 11.8. The van der Waals surface area contributed by atoms with E-state index in [1.165, 1.54) is 23.8 Å². The van der Waals surface area contributed by atoms with Gasteiger partial charge in [0, 0.05) is 34.3 Å². The number of ether oxygens (including phenoxy) is 1. The Morgan fingerprint density at radius 3 is 2.44 bits per heavy atom. The number of carbonyl (C=O) groups excluding carboxylic acids is 5. The second kappa shape index (κ2) is 13.3. The number of aromatic hydroxyl groups is 1. The standard InChI is InChI=1S/C43H36ClIN4O7S/c1-19-27-16-23(44)8-13-33(27)57-38(19)31-18-34(47(4)46-31)49-40(53)29-17-28-25(36(43(29,3)42(49)55)22-14-30(45)37(51)32(15-22)56-5)11-12-26-35(28)41(54)48(39(26)52)24-9-6-21(7-10-24)20(2)50/h6-11,13-16,18,26,28-29,35-36,51H,12,17H2,1-5H3/t26-,28+,29-,35-,36-,43+/m0/s1. The van der Waals surface area contributed by atoms with Crippen molar-refractivity contribution in [3.8, 4) is 22.1 Å². The second-order valence-corrected chi connectivity index (χ2v) is 18.2. The van der Waals surface area contributed by atoms with Crippen molar-refractivity contribution in [2.75, 3.05) is 16.9 Å². The predicted molar refractivity (Wildman–Crippen MR) is 225 cm³/mol. The quantitative estimate of drug-likeness (QED) is 0.0779. The molecule has 2 aliphatic carbocycles. The smallest absolute Gasteiger partial charge is 0.242 e. The molecule has 3 aromatic carbocycles. The zero-order valence-electron chi connectivity index (χ0n) is 31.5. The van der Waals surface area contributed by atoms with Crippen LogP contribution >= 0.6 is 45.5 Å². The Morgan fingerprint density at radius 1 is 1.00 bits per heavy atom. The first-order valence-electron chi connectivity index (χ1n) is 18.5. The van der Waals surface area contributed by atoms with Gasteiger partial charge in [0.15, 0.2) is 17.3 Å². The third-order valence-electron chi connectivity index (χ3n) is 12.6. The Hall–Kier alpha value is -4.86. The number of methoxy groups -OCH3 is 1. The number of amides is 4. The summed E-state index contributed by atoms with van der Waals surface area (Å²) in [5, 5.41) is 17.3. The molecule has 290 valence electrons. The first kappa shape index (κ1) is 37.7. The molecule has 4 aliphatic rings. The van der Waals surface area contributed by atoms with Crippen LogP contribution in [0.25, 0.3) is 20.7 Å². The van der Waals surface area contributed by atoms with E-state index in [2.05, 4.69) is 0 Å². The maximum Gasteiger partial charge on any atom is 0.242 e. The van der Waals surface area contributed by atoms with E-state index in [0.29, 0.717) is 36.9 Å². The van der Waals surface area contributed by atoms with Crippen LogP contribution in [0.5, 0.6) is 11.5 Å². The number of ketones is 1. The molecule has 11 nitrogen and oxygen atoms in total. The van der Waals surface area contributed by atoms with E-state index >= 15 is 4.79 Å². The molecule has 9 rings (SSSR count). The van der Waals surface area contributed by atoms with Gasteiger partial charge in [-0.3, -0.25) is 33.6 Å². The lowest BCUT2D eigenvalue weighted by Crippen LogP contribution is -2.49. The molecule has 14 heteroatoms. The number of hydrogen-bond donors (Lipinski definition) is 1. The molecule has 3 fully saturated rings. The number of nitrogens with zero attached hydrogens (tertiary/aromatic N) is 4. The summed E-state index contributed by atoms with van der Waals surface area (Å²) in [6.45, 7) is 5.27. The largest absolute Gasteiger partial charge is 0.504 e. The van der Waals surface area contributed by atoms with Crippen molar-refractivity contribution in [3.63, 3.8) is 0 Å². The van der Waals surface area contributed by atoms with Gasteiger partial charge in [0.05, 0.1) is 44.4 Å². The summed E-state index contributed by atoms with van der Waals surface area (Å²) in [5.74, 6) is -4.73. The van der Waals surface area contributed by atoms with Crippen molar-refractivity contribution < 1.29 is 33.8 Å². The van der Waals surface area contributed by atoms with Crippen LogP contribution in [-0.4, -0.2) is 51.4 Å². The Balaban J connectivity index is 1.16. The third kappa shape index (κ3) is 5.41. The Labute approximate surface area is 350 Å². The molecule has 4 amide bonds. The summed E-state index contributed by atoms with van der Waals surface area (Å²) in [5.41, 5.74) is 2.58. The van der Waals surface area contributed by atoms with Gasteiger partial charge in [0.25, 0.3) is 0 Å². The fraction of sp³-hybridized carbons (Fsp3) is 0.302. The van der Waals surface area contributed by atoms with Crippen LogP contribution in [0, 0.1) is 39.6 Å². The van der Waals surface area contributed by atoms with Gasteiger partial charge < -0.3 is 9.84 Å². The van der Waals surface area contributed by atoms with Crippen molar-refractivity contribution in [1.82, 2.24) is 9.78 Å². The molecule has 2 saturated heterocycles. The van der Waals surface area contributed by atoms with Crippen LogP contribution < -0.4 is 14.5 Å². The lowest BCUT2D eigenvalue weighted by Gasteiger charge is -2.49. The lowest BCUT2D eigenvalue weighted by molar-refractivity contribution is -0.131. The Kier molecular flexibility index (Phi) is 8.83. The minimum absolute atomic E-state index is 0.0479. The molecule has 57 heavy (non-hydrogen) atoms. The minimum atomic E-state index is -1.32. The Morgan fingerprint density at radius 2 is 1.74 bits per heavy atom. The summed E-state index contributed by atoms with van der Waals surface area (Å²) >= 11 is 9.91. The van der Waals surface area contributed by atoms with Crippen LogP contribution in [0.1, 0.15) is 54.1 Å². The van der Waals surface area contributed by atoms with E-state index in [9.17, 15) is 24.3 Å². The van der Waals surface area contributed by atoms with Crippen molar-refractivity contribution in [2.24, 2.45) is 36.1 Å². The molecular formula is C43H36ClIN4O7S. The Bertz CT molecular complexity index is 2670. The predicted octanol–water partition coefficient (Wildman–Crippen LogP) is 8.22. The number of hydrogen-bond acceptors (Lipinski definition) is 9. The van der Waals surface area contributed by atoms with Crippen LogP contribution in [-0.2, 0) is 26.2 Å². The highest BCUT2D eigenvalue weighted by Gasteiger charge is 2.68. The molecule has 4 heterocycles. The summed E-state index contributed by atoms with van der Waals surface area (Å²) in [7, 11) is 3.16. The highest BCUT2D eigenvalue weighted by atomic mass is 127. The molecule has 2 aromatic heterocycles. The van der Waals surface area contributed by atoms with Gasteiger partial charge in [-0.25, -0.2) is 4.90 Å². The van der Waals surface area contributed by atoms with Crippen molar-refractivity contribution in [2.45, 2.75) is 39.5 Å².